The van der Waals surface area contributed by atoms with Crippen LogP contribution >= 0.6 is 0 Å². The molecule has 0 radical (unpaired) electrons. The summed E-state index contributed by atoms with van der Waals surface area (Å²) in [4.78, 5) is 9.87. The van der Waals surface area contributed by atoms with Crippen LogP contribution in [0.3, 0.4) is 0 Å². The number of hydrogen-bond acceptors (Lipinski definition) is 4. The SMILES string of the molecule is [2H]c1c([2H])c([2H])c2c(c1[2H])c1ccc(Oc3cc(N4CN(c5c(-c6ccccc6)c(C(C)(C)C)c(C(C)(C)C)c(C(C)(C)C)c5-c5ccccc5)c5ccccc54)cc([Si](C)(C)C)c3)cc1n2-c1cc(C(C)(C)C)ccn1. The molecule has 0 unspecified atom stereocenters. The second-order valence-electron chi connectivity index (χ2n) is 25.2. The molecule has 0 N–H and O–H groups in total. The summed E-state index contributed by atoms with van der Waals surface area (Å²) in [5, 5.41) is 2.39. The van der Waals surface area contributed by atoms with Crippen molar-refractivity contribution in [1.29, 1.82) is 0 Å². The molecule has 0 spiro atoms. The average molecular weight is 983 g/mol. The Morgan fingerprint density at radius 2 is 1.08 bits per heavy atom. The lowest BCUT2D eigenvalue weighted by atomic mass is 9.64. The number of para-hydroxylation sites is 3. The molecule has 0 fully saturated rings. The molecule has 73 heavy (non-hydrogen) atoms. The zero-order chi connectivity index (χ0) is 55.5. The largest absolute Gasteiger partial charge is 0.457 e. The molecule has 372 valence electrons. The number of rotatable bonds is 8. The Labute approximate surface area is 442 Å². The number of nitrogens with zero attached hydrogens (tertiary/aromatic N) is 4. The quantitative estimate of drug-likeness (QED) is 0.142. The maximum atomic E-state index is 9.21. The molecule has 7 aromatic carbocycles. The Bertz CT molecular complexity index is 3700. The molecule has 0 aliphatic carbocycles. The number of benzene rings is 7. The van der Waals surface area contributed by atoms with Gasteiger partial charge < -0.3 is 14.5 Å². The minimum absolute atomic E-state index is 0.0843. The van der Waals surface area contributed by atoms with Crippen LogP contribution in [-0.2, 0) is 21.7 Å². The number of fused-ring (bicyclic) bond motifs is 4. The van der Waals surface area contributed by atoms with Crippen molar-refractivity contribution in [1.82, 2.24) is 9.55 Å². The lowest BCUT2D eigenvalue weighted by molar-refractivity contribution is 0.484. The van der Waals surface area contributed by atoms with Crippen LogP contribution < -0.4 is 19.7 Å². The summed E-state index contributed by atoms with van der Waals surface area (Å²) in [5.41, 5.74) is 14.8. The van der Waals surface area contributed by atoms with E-state index in [1.807, 2.05) is 34.9 Å². The Hall–Kier alpha value is -6.89. The molecule has 0 atom stereocenters. The van der Waals surface area contributed by atoms with E-state index in [1.54, 1.807) is 6.20 Å². The zero-order valence-electron chi connectivity index (χ0n) is 49.7. The highest BCUT2D eigenvalue weighted by atomic mass is 28.3. The summed E-state index contributed by atoms with van der Waals surface area (Å²) in [7, 11) is -2.00. The van der Waals surface area contributed by atoms with E-state index in [1.165, 1.54) is 49.8 Å². The summed E-state index contributed by atoms with van der Waals surface area (Å²) in [5.74, 6) is 1.85. The smallest absolute Gasteiger partial charge is 0.137 e. The van der Waals surface area contributed by atoms with Gasteiger partial charge in [-0.3, -0.25) is 4.57 Å². The van der Waals surface area contributed by atoms with Crippen molar-refractivity contribution in [2.75, 3.05) is 16.5 Å². The van der Waals surface area contributed by atoms with Crippen LogP contribution in [0, 0.1) is 0 Å². The fourth-order valence-electron chi connectivity index (χ4n) is 11.0. The molecule has 0 saturated heterocycles. The van der Waals surface area contributed by atoms with E-state index >= 15 is 0 Å². The van der Waals surface area contributed by atoms with E-state index in [9.17, 15) is 1.37 Å². The van der Waals surface area contributed by atoms with Crippen LogP contribution in [0.5, 0.6) is 11.5 Å². The molecule has 1 aliphatic heterocycles. The summed E-state index contributed by atoms with van der Waals surface area (Å²) in [6.07, 6.45) is 1.78. The van der Waals surface area contributed by atoms with Gasteiger partial charge in [-0.15, -0.1) is 0 Å². The molecule has 0 amide bonds. The standard InChI is InChI=1S/C67H74N4OSi/c1-64(2,3)46-36-37-68-57(38-46)71-53-31-23-22-30-51(53)52-35-34-48(42-56(52)71)72-49-39-47(40-50(41-49)73(13,14)15)69-43-70(55-33-25-24-32-54(55)69)63-58(44-26-18-16-19-27-44)60(65(4,5)6)62(67(10,11)12)61(66(7,8)9)59(63)45-28-20-17-21-29-45/h16-42H,43H2,1-15H3/i22D,23D,30D,31D. The molecular weight excluding hydrogens is 905 g/mol. The molecule has 6 heteroatoms. The molecule has 9 aromatic rings. The third-order valence-electron chi connectivity index (χ3n) is 14.4. The van der Waals surface area contributed by atoms with Gasteiger partial charge in [0.25, 0.3) is 0 Å². The van der Waals surface area contributed by atoms with Crippen LogP contribution in [0.2, 0.25) is 19.6 Å². The van der Waals surface area contributed by atoms with E-state index in [4.69, 9.17) is 13.8 Å². The number of aromatic nitrogens is 2. The minimum Gasteiger partial charge on any atom is -0.457 e. The van der Waals surface area contributed by atoms with Gasteiger partial charge in [0, 0.05) is 45.9 Å². The molecule has 5 nitrogen and oxygen atoms in total. The van der Waals surface area contributed by atoms with Gasteiger partial charge in [-0.05, 0) is 110 Å². The summed E-state index contributed by atoms with van der Waals surface area (Å²) >= 11 is 0. The molecule has 0 bridgehead atoms. The Morgan fingerprint density at radius 3 is 1.64 bits per heavy atom. The average Bonchev–Trinajstić information content (AvgIpc) is 4.07. The summed E-state index contributed by atoms with van der Waals surface area (Å²) < 4.78 is 44.7. The molecule has 1 aliphatic rings. The van der Waals surface area contributed by atoms with E-state index in [0.717, 1.165) is 22.6 Å². The highest BCUT2D eigenvalue weighted by Crippen LogP contribution is 2.58. The van der Waals surface area contributed by atoms with Crippen LogP contribution in [-0.4, -0.2) is 24.3 Å². The van der Waals surface area contributed by atoms with Crippen molar-refractivity contribution < 1.29 is 10.2 Å². The van der Waals surface area contributed by atoms with Crippen molar-refractivity contribution in [3.63, 3.8) is 0 Å². The van der Waals surface area contributed by atoms with E-state index in [0.29, 0.717) is 45.8 Å². The molecule has 3 heterocycles. The first-order chi connectivity index (χ1) is 36.1. The number of pyridine rings is 1. The van der Waals surface area contributed by atoms with Crippen LogP contribution in [0.25, 0.3) is 49.9 Å². The van der Waals surface area contributed by atoms with Crippen molar-refractivity contribution in [3.05, 3.63) is 186 Å². The molecule has 10 rings (SSSR count). The Balaban J connectivity index is 1.20. The van der Waals surface area contributed by atoms with Crippen LogP contribution in [0.4, 0.5) is 22.7 Å². The van der Waals surface area contributed by atoms with Gasteiger partial charge in [-0.25, -0.2) is 4.98 Å². The fraction of sp³-hybridized carbons (Fsp3) is 0.299. The predicted molar refractivity (Wildman–Crippen MR) is 316 cm³/mol. The van der Waals surface area contributed by atoms with Crippen molar-refractivity contribution in [2.24, 2.45) is 0 Å². The molecule has 2 aromatic heterocycles. The van der Waals surface area contributed by atoms with Crippen molar-refractivity contribution in [2.45, 2.75) is 124 Å². The van der Waals surface area contributed by atoms with E-state index in [-0.39, 0.29) is 45.8 Å². The van der Waals surface area contributed by atoms with Gasteiger partial charge in [0.05, 0.1) is 41.7 Å². The lowest BCUT2D eigenvalue weighted by Crippen LogP contribution is -2.38. The van der Waals surface area contributed by atoms with Gasteiger partial charge in [0.1, 0.15) is 24.0 Å². The minimum atomic E-state index is -2.00. The fourth-order valence-corrected chi connectivity index (χ4v) is 12.2. The Kier molecular flexibility index (Phi) is 11.0. The number of ether oxygens (including phenoxy) is 1. The van der Waals surface area contributed by atoms with Crippen LogP contribution in [0.1, 0.15) is 111 Å². The first-order valence-corrected chi connectivity index (χ1v) is 29.4. The summed E-state index contributed by atoms with van der Waals surface area (Å²) in [6, 6.07) is 46.7. The van der Waals surface area contributed by atoms with E-state index < -0.39 is 8.07 Å². The van der Waals surface area contributed by atoms with Crippen molar-refractivity contribution >= 4 is 57.8 Å². The highest BCUT2D eigenvalue weighted by Gasteiger charge is 2.42. The third kappa shape index (κ3) is 9.18. The summed E-state index contributed by atoms with van der Waals surface area (Å²) in [6.45, 7) is 35.6. The molecule has 0 saturated carbocycles. The second-order valence-corrected chi connectivity index (χ2v) is 30.2. The first-order valence-electron chi connectivity index (χ1n) is 27.9. The normalized spacial score (nSPS) is 14.3. The number of anilines is 4. The van der Waals surface area contributed by atoms with Gasteiger partial charge in [-0.1, -0.05) is 199 Å². The van der Waals surface area contributed by atoms with Gasteiger partial charge in [-0.2, -0.15) is 0 Å². The lowest BCUT2D eigenvalue weighted by Gasteiger charge is -2.43. The Morgan fingerprint density at radius 1 is 0.521 bits per heavy atom. The maximum Gasteiger partial charge on any atom is 0.137 e. The van der Waals surface area contributed by atoms with Crippen molar-refractivity contribution in [3.8, 4) is 39.6 Å². The molecular formula is C67H74N4OSi. The van der Waals surface area contributed by atoms with Gasteiger partial charge >= 0.3 is 0 Å². The van der Waals surface area contributed by atoms with Crippen LogP contribution in [0.15, 0.2) is 164 Å². The second kappa shape index (κ2) is 17.9. The topological polar surface area (TPSA) is 33.5 Å². The third-order valence-corrected chi connectivity index (χ3v) is 16.4. The zero-order valence-corrected chi connectivity index (χ0v) is 46.7. The number of hydrogen-bond donors (Lipinski definition) is 0. The van der Waals surface area contributed by atoms with Gasteiger partial charge in [0.15, 0.2) is 0 Å². The van der Waals surface area contributed by atoms with E-state index in [2.05, 4.69) is 216 Å². The maximum absolute atomic E-state index is 9.21. The van der Waals surface area contributed by atoms with Gasteiger partial charge in [0.2, 0.25) is 0 Å². The first kappa shape index (κ1) is 44.8. The predicted octanol–water partition coefficient (Wildman–Crippen LogP) is 18.3. The highest BCUT2D eigenvalue weighted by molar-refractivity contribution is 6.88. The monoisotopic (exact) mass is 983 g/mol.